The quantitative estimate of drug-likeness (QED) is 0.401. The number of amides is 1. The number of hydrogen-bond donors (Lipinski definition) is 1. The number of nitro benzene ring substituents is 1. The van der Waals surface area contributed by atoms with E-state index in [4.69, 9.17) is 4.74 Å². The summed E-state index contributed by atoms with van der Waals surface area (Å²) in [6.45, 7) is 6.76. The van der Waals surface area contributed by atoms with Crippen molar-refractivity contribution in [2.24, 2.45) is 0 Å². The van der Waals surface area contributed by atoms with Crippen LogP contribution in [0.4, 0.5) is 16.5 Å². The van der Waals surface area contributed by atoms with E-state index in [1.807, 2.05) is 4.90 Å². The molecule has 1 fully saturated rings. The van der Waals surface area contributed by atoms with Gasteiger partial charge in [-0.3, -0.25) is 19.8 Å². The Morgan fingerprint density at radius 1 is 1.23 bits per heavy atom. The highest BCUT2D eigenvalue weighted by atomic mass is 32.1. The van der Waals surface area contributed by atoms with Crippen molar-refractivity contribution in [2.75, 3.05) is 49.5 Å². The number of nitrogens with zero attached hydrogens (tertiary/aromatic N) is 4. The minimum absolute atomic E-state index is 0.0672. The fourth-order valence-electron chi connectivity index (χ4n) is 3.15. The molecule has 0 radical (unpaired) electrons. The molecule has 2 heterocycles. The number of nitrogens with one attached hydrogen (secondary N) is 1. The molecule has 1 aliphatic heterocycles. The Morgan fingerprint density at radius 3 is 2.50 bits per heavy atom. The summed E-state index contributed by atoms with van der Waals surface area (Å²) in [5.41, 5.74) is 1.53. The predicted molar refractivity (Wildman–Crippen MR) is 113 cm³/mol. The Hall–Kier alpha value is -3.05. The fourth-order valence-corrected chi connectivity index (χ4v) is 4.02. The molecule has 0 saturated carbocycles. The number of ether oxygens (including phenoxy) is 1. The van der Waals surface area contributed by atoms with E-state index in [1.54, 1.807) is 26.0 Å². The number of non-ortho nitro benzene ring substituents is 1. The molecule has 0 unspecified atom stereocenters. The van der Waals surface area contributed by atoms with Crippen molar-refractivity contribution in [2.45, 2.75) is 13.8 Å². The first kappa shape index (κ1) is 21.7. The molecule has 2 aromatic rings. The molecule has 0 aliphatic carbocycles. The molecule has 160 valence electrons. The molecule has 1 aromatic heterocycles. The number of benzene rings is 1. The molecule has 1 saturated heterocycles. The Balaban J connectivity index is 1.49. The van der Waals surface area contributed by atoms with Gasteiger partial charge in [-0.2, -0.15) is 0 Å². The third kappa shape index (κ3) is 5.30. The highest BCUT2D eigenvalue weighted by Crippen LogP contribution is 2.24. The van der Waals surface area contributed by atoms with E-state index in [0.717, 1.165) is 17.0 Å². The number of carbonyl (C=O) groups excluding carboxylic acids is 2. The topological polar surface area (TPSA) is 118 Å². The third-order valence-corrected chi connectivity index (χ3v) is 5.72. The zero-order valence-electron chi connectivity index (χ0n) is 16.8. The first-order valence-electron chi connectivity index (χ1n) is 9.53. The average Bonchev–Trinajstić information content (AvgIpc) is 3.08. The lowest BCUT2D eigenvalue weighted by molar-refractivity contribution is -0.384. The molecule has 3 rings (SSSR count). The van der Waals surface area contributed by atoms with Gasteiger partial charge in [-0.05, 0) is 26.0 Å². The van der Waals surface area contributed by atoms with Crippen molar-refractivity contribution in [1.82, 2.24) is 9.88 Å². The van der Waals surface area contributed by atoms with Gasteiger partial charge in [0, 0.05) is 44.0 Å². The van der Waals surface area contributed by atoms with Crippen LogP contribution >= 0.6 is 11.3 Å². The predicted octanol–water partition coefficient (Wildman–Crippen LogP) is 2.30. The van der Waals surface area contributed by atoms with Gasteiger partial charge in [0.25, 0.3) is 5.69 Å². The number of nitro groups is 1. The van der Waals surface area contributed by atoms with E-state index in [2.05, 4.69) is 15.2 Å². The van der Waals surface area contributed by atoms with Crippen molar-refractivity contribution in [3.05, 3.63) is 45.0 Å². The highest BCUT2D eigenvalue weighted by Gasteiger charge is 2.21. The molecule has 0 spiro atoms. The number of esters is 1. The van der Waals surface area contributed by atoms with Gasteiger partial charge in [0.2, 0.25) is 5.91 Å². The first-order chi connectivity index (χ1) is 14.4. The third-order valence-electron chi connectivity index (χ3n) is 4.67. The molecule has 30 heavy (non-hydrogen) atoms. The lowest BCUT2D eigenvalue weighted by Crippen LogP contribution is -2.48. The van der Waals surface area contributed by atoms with Crippen LogP contribution in [0.5, 0.6) is 0 Å². The highest BCUT2D eigenvalue weighted by molar-refractivity contribution is 7.17. The second-order valence-corrected chi connectivity index (χ2v) is 7.74. The van der Waals surface area contributed by atoms with Crippen molar-refractivity contribution < 1.29 is 19.2 Å². The monoisotopic (exact) mass is 433 g/mol. The van der Waals surface area contributed by atoms with Crippen molar-refractivity contribution >= 4 is 39.7 Å². The maximum absolute atomic E-state index is 12.4. The molecule has 1 aromatic carbocycles. The molecule has 1 amide bonds. The molecule has 11 heteroatoms. The maximum Gasteiger partial charge on any atom is 0.350 e. The van der Waals surface area contributed by atoms with Crippen molar-refractivity contribution in [3.63, 3.8) is 0 Å². The van der Waals surface area contributed by atoms with Crippen LogP contribution in [-0.2, 0) is 9.53 Å². The van der Waals surface area contributed by atoms with Gasteiger partial charge in [0.1, 0.15) is 4.88 Å². The smallest absolute Gasteiger partial charge is 0.350 e. The number of thiazole rings is 1. The summed E-state index contributed by atoms with van der Waals surface area (Å²) < 4.78 is 4.99. The number of anilines is 2. The summed E-state index contributed by atoms with van der Waals surface area (Å²) in [5, 5.41) is 13.9. The van der Waals surface area contributed by atoms with Crippen LogP contribution in [0.15, 0.2) is 24.3 Å². The van der Waals surface area contributed by atoms with Gasteiger partial charge in [0.05, 0.1) is 23.8 Å². The number of aromatic nitrogens is 1. The van der Waals surface area contributed by atoms with Crippen LogP contribution < -0.4 is 10.2 Å². The SMILES string of the molecule is CCOC(=O)c1sc(NC(=O)CN2CCN(c3ccc([N+](=O)[O-])cc3)CC2)nc1C. The maximum atomic E-state index is 12.4. The molecule has 0 bridgehead atoms. The Labute approximate surface area is 177 Å². The van der Waals surface area contributed by atoms with Gasteiger partial charge in [-0.25, -0.2) is 9.78 Å². The summed E-state index contributed by atoms with van der Waals surface area (Å²) in [4.78, 5) is 43.4. The average molecular weight is 433 g/mol. The molecule has 1 aliphatic rings. The van der Waals surface area contributed by atoms with E-state index in [0.29, 0.717) is 41.9 Å². The number of carbonyl (C=O) groups is 2. The minimum Gasteiger partial charge on any atom is -0.462 e. The normalized spacial score (nSPS) is 14.4. The first-order valence-corrected chi connectivity index (χ1v) is 10.3. The lowest BCUT2D eigenvalue weighted by atomic mass is 10.2. The number of piperazine rings is 1. The summed E-state index contributed by atoms with van der Waals surface area (Å²) in [7, 11) is 0. The number of rotatable bonds is 7. The van der Waals surface area contributed by atoms with E-state index in [1.165, 1.54) is 12.1 Å². The summed E-state index contributed by atoms with van der Waals surface area (Å²) in [5.74, 6) is -0.627. The Morgan fingerprint density at radius 2 is 1.90 bits per heavy atom. The second-order valence-electron chi connectivity index (χ2n) is 6.74. The zero-order valence-corrected chi connectivity index (χ0v) is 17.6. The van der Waals surface area contributed by atoms with Gasteiger partial charge in [-0.1, -0.05) is 11.3 Å². The van der Waals surface area contributed by atoms with Crippen LogP contribution in [-0.4, -0.2) is 66.0 Å². The zero-order chi connectivity index (χ0) is 21.7. The van der Waals surface area contributed by atoms with Gasteiger partial charge < -0.3 is 15.0 Å². The van der Waals surface area contributed by atoms with E-state index >= 15 is 0 Å². The van der Waals surface area contributed by atoms with E-state index in [-0.39, 0.29) is 24.7 Å². The minimum atomic E-state index is -0.435. The molecular formula is C19H23N5O5S. The van der Waals surface area contributed by atoms with Gasteiger partial charge in [-0.15, -0.1) is 0 Å². The number of hydrogen-bond acceptors (Lipinski definition) is 9. The Bertz CT molecular complexity index is 922. The molecular weight excluding hydrogens is 410 g/mol. The van der Waals surface area contributed by atoms with Crippen LogP contribution in [0.3, 0.4) is 0 Å². The summed E-state index contributed by atoms with van der Waals surface area (Å²) in [6.07, 6.45) is 0. The van der Waals surface area contributed by atoms with Crippen LogP contribution in [0.1, 0.15) is 22.3 Å². The van der Waals surface area contributed by atoms with Crippen LogP contribution in [0, 0.1) is 17.0 Å². The number of aryl methyl sites for hydroxylation is 1. The largest absolute Gasteiger partial charge is 0.462 e. The lowest BCUT2D eigenvalue weighted by Gasteiger charge is -2.35. The second kappa shape index (κ2) is 9.63. The summed E-state index contributed by atoms with van der Waals surface area (Å²) in [6, 6.07) is 6.48. The van der Waals surface area contributed by atoms with E-state index in [9.17, 15) is 19.7 Å². The van der Waals surface area contributed by atoms with E-state index < -0.39 is 10.9 Å². The van der Waals surface area contributed by atoms with Gasteiger partial charge in [0.15, 0.2) is 5.13 Å². The van der Waals surface area contributed by atoms with Crippen molar-refractivity contribution in [1.29, 1.82) is 0 Å². The van der Waals surface area contributed by atoms with Crippen molar-refractivity contribution in [3.8, 4) is 0 Å². The fraction of sp³-hybridized carbons (Fsp3) is 0.421. The summed E-state index contributed by atoms with van der Waals surface area (Å²) >= 11 is 1.11. The van der Waals surface area contributed by atoms with Crippen LogP contribution in [0.2, 0.25) is 0 Å². The molecule has 10 nitrogen and oxygen atoms in total. The van der Waals surface area contributed by atoms with Gasteiger partial charge >= 0.3 is 5.97 Å². The molecule has 1 N–H and O–H groups in total. The Kier molecular flexibility index (Phi) is 6.95. The molecule has 0 atom stereocenters. The van der Waals surface area contributed by atoms with Crippen LogP contribution in [0.25, 0.3) is 0 Å². The standard InChI is InChI=1S/C19H23N5O5S/c1-3-29-18(26)17-13(2)20-19(30-17)21-16(25)12-22-8-10-23(11-9-22)14-4-6-15(7-5-14)24(27)28/h4-7H,3,8-12H2,1-2H3,(H,20,21,25).